The lowest BCUT2D eigenvalue weighted by atomic mass is 9.92. The molecule has 1 aliphatic rings. The van der Waals surface area contributed by atoms with E-state index < -0.39 is 4.92 Å². The second-order valence-electron chi connectivity index (χ2n) is 4.69. The van der Waals surface area contributed by atoms with Crippen LogP contribution in [0.15, 0.2) is 12.3 Å². The average molecular weight is 250 g/mol. The molecule has 0 unspecified atom stereocenters. The van der Waals surface area contributed by atoms with Gasteiger partial charge < -0.3 is 15.0 Å². The number of nitrogens with zero attached hydrogens (tertiary/aromatic N) is 4. The van der Waals surface area contributed by atoms with Crippen LogP contribution in [0.2, 0.25) is 0 Å². The molecular weight excluding hydrogens is 232 g/mol. The molecule has 1 aromatic rings. The molecule has 18 heavy (non-hydrogen) atoms. The molecule has 0 aliphatic carbocycles. The number of aromatic nitrogens is 2. The third-order valence-electron chi connectivity index (χ3n) is 3.43. The Morgan fingerprint density at radius 1 is 1.50 bits per heavy atom. The zero-order chi connectivity index (χ0) is 13.0. The molecule has 0 spiro atoms. The molecule has 0 N–H and O–H groups in total. The second kappa shape index (κ2) is 5.75. The summed E-state index contributed by atoms with van der Waals surface area (Å²) in [7, 11) is 0. The summed E-state index contributed by atoms with van der Waals surface area (Å²) in [6.07, 6.45) is 6.25. The maximum Gasteiger partial charge on any atom is 0.470 e. The molecule has 0 saturated carbocycles. The van der Waals surface area contributed by atoms with Gasteiger partial charge in [-0.2, -0.15) is 0 Å². The van der Waals surface area contributed by atoms with Gasteiger partial charge in [0.15, 0.2) is 0 Å². The zero-order valence-corrected chi connectivity index (χ0v) is 10.6. The minimum absolute atomic E-state index is 0.316. The highest BCUT2D eigenvalue weighted by atomic mass is 16.6. The first-order valence-electron chi connectivity index (χ1n) is 6.43. The Kier molecular flexibility index (Phi) is 4.07. The van der Waals surface area contributed by atoms with E-state index in [0.717, 1.165) is 31.8 Å². The van der Waals surface area contributed by atoms with Crippen molar-refractivity contribution in [3.8, 4) is 0 Å². The molecule has 0 amide bonds. The Labute approximate surface area is 106 Å². The molecular formula is C12H18N4O2. The Balaban J connectivity index is 2.01. The van der Waals surface area contributed by atoms with Gasteiger partial charge in [0.05, 0.1) is 0 Å². The van der Waals surface area contributed by atoms with Crippen molar-refractivity contribution in [2.45, 2.75) is 32.6 Å². The summed E-state index contributed by atoms with van der Waals surface area (Å²) in [4.78, 5) is 19.8. The number of rotatable bonds is 4. The van der Waals surface area contributed by atoms with Crippen molar-refractivity contribution in [1.82, 2.24) is 9.97 Å². The standard InChI is InChI=1S/C12H18N4O2/c1-2-3-10-5-8-15(9-6-10)11-4-7-13-12(14-11)16(17)18/h4,7,10H,2-3,5-6,8-9H2,1H3. The molecule has 0 radical (unpaired) electrons. The molecule has 1 aliphatic heterocycles. The Hall–Kier alpha value is -1.72. The van der Waals surface area contributed by atoms with Gasteiger partial charge in [0.2, 0.25) is 5.82 Å². The van der Waals surface area contributed by atoms with Crippen LogP contribution < -0.4 is 4.90 Å². The number of hydrogen-bond acceptors (Lipinski definition) is 5. The maximum absolute atomic E-state index is 10.6. The summed E-state index contributed by atoms with van der Waals surface area (Å²) in [5, 5.41) is 10.6. The van der Waals surface area contributed by atoms with Gasteiger partial charge in [0.1, 0.15) is 6.20 Å². The first kappa shape index (κ1) is 12.7. The third-order valence-corrected chi connectivity index (χ3v) is 3.43. The van der Waals surface area contributed by atoms with Crippen molar-refractivity contribution in [2.24, 2.45) is 5.92 Å². The van der Waals surface area contributed by atoms with Crippen molar-refractivity contribution < 1.29 is 4.92 Å². The van der Waals surface area contributed by atoms with Crippen LogP contribution in [0.4, 0.5) is 11.8 Å². The Morgan fingerprint density at radius 3 is 2.83 bits per heavy atom. The maximum atomic E-state index is 10.6. The van der Waals surface area contributed by atoms with E-state index in [1.54, 1.807) is 6.07 Å². The van der Waals surface area contributed by atoms with Crippen molar-refractivity contribution in [3.63, 3.8) is 0 Å². The summed E-state index contributed by atoms with van der Waals surface area (Å²) in [5.41, 5.74) is 0. The van der Waals surface area contributed by atoms with Gasteiger partial charge in [-0.3, -0.25) is 0 Å². The van der Waals surface area contributed by atoms with Crippen LogP contribution in [-0.4, -0.2) is 28.0 Å². The number of hydrogen-bond donors (Lipinski definition) is 0. The van der Waals surface area contributed by atoms with Gasteiger partial charge in [0.25, 0.3) is 0 Å². The van der Waals surface area contributed by atoms with E-state index in [2.05, 4.69) is 21.8 Å². The number of nitro groups is 1. The number of piperidine rings is 1. The molecule has 6 nitrogen and oxygen atoms in total. The van der Waals surface area contributed by atoms with Crippen LogP contribution in [0, 0.1) is 16.0 Å². The number of anilines is 1. The summed E-state index contributed by atoms with van der Waals surface area (Å²) < 4.78 is 0. The zero-order valence-electron chi connectivity index (χ0n) is 10.6. The highest BCUT2D eigenvalue weighted by Gasteiger charge is 2.22. The molecule has 1 saturated heterocycles. The van der Waals surface area contributed by atoms with E-state index in [0.29, 0.717) is 5.82 Å². The molecule has 98 valence electrons. The normalized spacial score (nSPS) is 16.8. The van der Waals surface area contributed by atoms with Crippen LogP contribution in [0.1, 0.15) is 32.6 Å². The average Bonchev–Trinajstić information content (AvgIpc) is 2.40. The van der Waals surface area contributed by atoms with E-state index in [4.69, 9.17) is 0 Å². The SMILES string of the molecule is CCCC1CCN(c2ccnc([N+](=O)[O-])n2)CC1. The largest absolute Gasteiger partial charge is 0.470 e. The lowest BCUT2D eigenvalue weighted by Crippen LogP contribution is -2.34. The Morgan fingerprint density at radius 2 is 2.22 bits per heavy atom. The third kappa shape index (κ3) is 2.94. The van der Waals surface area contributed by atoms with Crippen molar-refractivity contribution in [3.05, 3.63) is 22.4 Å². The predicted molar refractivity (Wildman–Crippen MR) is 68.5 cm³/mol. The van der Waals surface area contributed by atoms with Crippen LogP contribution in [0.25, 0.3) is 0 Å². The Bertz CT molecular complexity index is 416. The lowest BCUT2D eigenvalue weighted by Gasteiger charge is -2.31. The molecule has 1 fully saturated rings. The fourth-order valence-electron chi connectivity index (χ4n) is 2.46. The summed E-state index contributed by atoms with van der Waals surface area (Å²) >= 11 is 0. The molecule has 6 heteroatoms. The van der Waals surface area contributed by atoms with E-state index in [1.165, 1.54) is 19.0 Å². The van der Waals surface area contributed by atoms with E-state index in [1.807, 2.05) is 0 Å². The highest BCUT2D eigenvalue weighted by Crippen LogP contribution is 2.25. The van der Waals surface area contributed by atoms with Gasteiger partial charge in [-0.25, -0.2) is 0 Å². The van der Waals surface area contributed by atoms with E-state index >= 15 is 0 Å². The summed E-state index contributed by atoms with van der Waals surface area (Å²) in [6.45, 7) is 4.07. The quantitative estimate of drug-likeness (QED) is 0.606. The first-order chi connectivity index (χ1) is 8.70. The fourth-order valence-corrected chi connectivity index (χ4v) is 2.46. The highest BCUT2D eigenvalue weighted by molar-refractivity contribution is 5.39. The topological polar surface area (TPSA) is 72.2 Å². The van der Waals surface area contributed by atoms with E-state index in [9.17, 15) is 10.1 Å². The van der Waals surface area contributed by atoms with Crippen LogP contribution >= 0.6 is 0 Å². The lowest BCUT2D eigenvalue weighted by molar-refractivity contribution is -0.394. The van der Waals surface area contributed by atoms with Gasteiger partial charge in [0, 0.05) is 19.2 Å². The van der Waals surface area contributed by atoms with Gasteiger partial charge in [-0.15, -0.1) is 0 Å². The molecule has 0 atom stereocenters. The first-order valence-corrected chi connectivity index (χ1v) is 6.43. The van der Waals surface area contributed by atoms with Gasteiger partial charge >= 0.3 is 5.95 Å². The van der Waals surface area contributed by atoms with Crippen molar-refractivity contribution in [2.75, 3.05) is 18.0 Å². The fraction of sp³-hybridized carbons (Fsp3) is 0.667. The summed E-state index contributed by atoms with van der Waals surface area (Å²) in [6, 6.07) is 1.74. The molecule has 2 heterocycles. The van der Waals surface area contributed by atoms with Crippen LogP contribution in [0.5, 0.6) is 0 Å². The molecule has 1 aromatic heterocycles. The van der Waals surface area contributed by atoms with E-state index in [-0.39, 0.29) is 5.95 Å². The second-order valence-corrected chi connectivity index (χ2v) is 4.69. The van der Waals surface area contributed by atoms with Crippen molar-refractivity contribution >= 4 is 11.8 Å². The van der Waals surface area contributed by atoms with Crippen molar-refractivity contribution in [1.29, 1.82) is 0 Å². The molecule has 0 bridgehead atoms. The minimum atomic E-state index is -0.548. The molecule has 2 rings (SSSR count). The van der Waals surface area contributed by atoms with Crippen LogP contribution in [-0.2, 0) is 0 Å². The van der Waals surface area contributed by atoms with Gasteiger partial charge in [-0.1, -0.05) is 24.7 Å². The minimum Gasteiger partial charge on any atom is -0.390 e. The van der Waals surface area contributed by atoms with Gasteiger partial charge in [-0.05, 0) is 28.7 Å². The summed E-state index contributed by atoms with van der Waals surface area (Å²) in [5.74, 6) is 1.15. The predicted octanol–water partition coefficient (Wildman–Crippen LogP) is 2.40. The molecule has 0 aromatic carbocycles. The monoisotopic (exact) mass is 250 g/mol. The van der Waals surface area contributed by atoms with Crippen LogP contribution in [0.3, 0.4) is 0 Å². The smallest absolute Gasteiger partial charge is 0.390 e.